The number of esters is 2. The zero-order valence-electron chi connectivity index (χ0n) is 31.0. The van der Waals surface area contributed by atoms with Gasteiger partial charge in [0.1, 0.15) is 5.75 Å². The highest BCUT2D eigenvalue weighted by Gasteiger charge is 2.41. The van der Waals surface area contributed by atoms with Gasteiger partial charge in [-0.1, -0.05) is 125 Å². The lowest BCUT2D eigenvalue weighted by molar-refractivity contribution is -0.138. The molecule has 0 amide bonds. The van der Waals surface area contributed by atoms with Gasteiger partial charge in [0.2, 0.25) is 0 Å². The molecule has 0 saturated heterocycles. The van der Waals surface area contributed by atoms with Crippen molar-refractivity contribution in [3.05, 3.63) is 164 Å². The number of carbonyl (C=O) groups is 2. The average molecular weight is 707 g/mol. The quantitative estimate of drug-likeness (QED) is 0.0355. The first-order valence-electron chi connectivity index (χ1n) is 18.4. The first-order valence-corrected chi connectivity index (χ1v) is 18.4. The molecule has 0 spiro atoms. The smallest absolute Gasteiger partial charge is 0.335 e. The summed E-state index contributed by atoms with van der Waals surface area (Å²) in [5.74, 6) is -0.463. The van der Waals surface area contributed by atoms with Crippen LogP contribution in [0.15, 0.2) is 147 Å². The summed E-state index contributed by atoms with van der Waals surface area (Å²) in [6, 6.07) is 39.2. The first kappa shape index (κ1) is 34.8. The van der Waals surface area contributed by atoms with Gasteiger partial charge in [0.05, 0.1) is 6.61 Å². The van der Waals surface area contributed by atoms with Gasteiger partial charge < -0.3 is 9.47 Å². The molecule has 266 valence electrons. The molecule has 1 aliphatic rings. The van der Waals surface area contributed by atoms with Gasteiger partial charge in [0, 0.05) is 17.6 Å². The fraction of sp³-hybridized carbons (Fsp3) is 0.160. The molecule has 1 atom stereocenters. The third kappa shape index (κ3) is 5.79. The molecule has 4 heteroatoms. The lowest BCUT2D eigenvalue weighted by Crippen LogP contribution is -2.23. The van der Waals surface area contributed by atoms with Gasteiger partial charge in [-0.25, -0.2) is 9.59 Å². The molecule has 0 aliphatic heterocycles. The van der Waals surface area contributed by atoms with Gasteiger partial charge >= 0.3 is 11.9 Å². The Kier molecular flexibility index (Phi) is 8.57. The van der Waals surface area contributed by atoms with Gasteiger partial charge in [-0.15, -0.1) is 6.58 Å². The van der Waals surface area contributed by atoms with Crippen molar-refractivity contribution in [1.82, 2.24) is 0 Å². The van der Waals surface area contributed by atoms with Crippen LogP contribution in [-0.4, -0.2) is 18.5 Å². The van der Waals surface area contributed by atoms with Gasteiger partial charge in [-0.3, -0.25) is 0 Å². The molecule has 0 bridgehead atoms. The van der Waals surface area contributed by atoms with Crippen LogP contribution in [0.25, 0.3) is 65.7 Å². The number of allylic oxidation sites excluding steroid dienone is 1. The number of fused-ring (bicyclic) bond motifs is 3. The van der Waals surface area contributed by atoms with E-state index in [1.807, 2.05) is 12.1 Å². The molecular weight excluding hydrogens is 665 g/mol. The first-order chi connectivity index (χ1) is 26.0. The van der Waals surface area contributed by atoms with Crippen LogP contribution in [-0.2, 0) is 25.2 Å². The maximum Gasteiger partial charge on any atom is 0.335 e. The number of benzene rings is 7. The van der Waals surface area contributed by atoms with Crippen molar-refractivity contribution in [2.75, 3.05) is 6.61 Å². The van der Waals surface area contributed by atoms with E-state index in [4.69, 9.17) is 9.47 Å². The van der Waals surface area contributed by atoms with E-state index in [0.29, 0.717) is 18.6 Å². The molecule has 0 aromatic heterocycles. The molecule has 7 aromatic carbocycles. The summed E-state index contributed by atoms with van der Waals surface area (Å²) in [4.78, 5) is 23.7. The summed E-state index contributed by atoms with van der Waals surface area (Å²) in [6.07, 6.45) is 5.74. The molecular formula is C50H42O4. The van der Waals surface area contributed by atoms with Crippen LogP contribution in [0.5, 0.6) is 5.75 Å². The molecule has 0 heterocycles. The molecule has 8 rings (SSSR count). The van der Waals surface area contributed by atoms with Crippen molar-refractivity contribution in [2.24, 2.45) is 0 Å². The minimum atomic E-state index is -0.538. The van der Waals surface area contributed by atoms with Crippen molar-refractivity contribution in [2.45, 2.75) is 44.4 Å². The van der Waals surface area contributed by atoms with E-state index in [2.05, 4.69) is 132 Å². The van der Waals surface area contributed by atoms with Crippen LogP contribution in [0.4, 0.5) is 0 Å². The highest BCUT2D eigenvalue weighted by atomic mass is 16.5. The third-order valence-corrected chi connectivity index (χ3v) is 11.1. The predicted octanol–water partition coefficient (Wildman–Crippen LogP) is 12.3. The summed E-state index contributed by atoms with van der Waals surface area (Å²) < 4.78 is 10.8. The Hall–Kier alpha value is -6.26. The SMILES string of the molecule is C=CC(=O)OCCCC1(C=C)c2cc(-c3ccc(OC(=O)C=C)cc3)ccc2-c2ccc(-c3ccc4ccc5cc(C(C)(C)C)cc6ccc3c4c56)cc21. The van der Waals surface area contributed by atoms with Crippen molar-refractivity contribution in [3.63, 3.8) is 0 Å². The van der Waals surface area contributed by atoms with Gasteiger partial charge in [0.25, 0.3) is 0 Å². The van der Waals surface area contributed by atoms with Gasteiger partial charge in [0.15, 0.2) is 0 Å². The normalized spacial score (nSPS) is 14.9. The molecule has 4 nitrogen and oxygen atoms in total. The Balaban J connectivity index is 1.25. The number of carbonyl (C=O) groups excluding carboxylic acids is 2. The van der Waals surface area contributed by atoms with Crippen molar-refractivity contribution in [3.8, 4) is 39.1 Å². The summed E-state index contributed by atoms with van der Waals surface area (Å²) in [7, 11) is 0. The maximum absolute atomic E-state index is 12.0. The van der Waals surface area contributed by atoms with Crippen molar-refractivity contribution in [1.29, 1.82) is 0 Å². The van der Waals surface area contributed by atoms with E-state index >= 15 is 0 Å². The number of hydrogen-bond donors (Lipinski definition) is 0. The van der Waals surface area contributed by atoms with Crippen molar-refractivity contribution >= 4 is 44.3 Å². The number of hydrogen-bond acceptors (Lipinski definition) is 4. The Morgan fingerprint density at radius 2 is 1.20 bits per heavy atom. The van der Waals surface area contributed by atoms with Crippen LogP contribution < -0.4 is 4.74 Å². The zero-order valence-corrected chi connectivity index (χ0v) is 31.0. The Morgan fingerprint density at radius 1 is 0.630 bits per heavy atom. The maximum atomic E-state index is 12.0. The van der Waals surface area contributed by atoms with E-state index in [1.54, 1.807) is 12.1 Å². The lowest BCUT2D eigenvalue weighted by atomic mass is 9.73. The van der Waals surface area contributed by atoms with Crippen LogP contribution in [0, 0.1) is 0 Å². The van der Waals surface area contributed by atoms with Crippen LogP contribution in [0.3, 0.4) is 0 Å². The molecule has 0 saturated carbocycles. The second-order valence-electron chi connectivity index (χ2n) is 15.3. The van der Waals surface area contributed by atoms with E-state index in [-0.39, 0.29) is 12.0 Å². The second-order valence-corrected chi connectivity index (χ2v) is 15.3. The monoisotopic (exact) mass is 706 g/mol. The minimum Gasteiger partial charge on any atom is -0.463 e. The van der Waals surface area contributed by atoms with Gasteiger partial charge in [-0.05, 0) is 125 Å². The van der Waals surface area contributed by atoms with E-state index in [0.717, 1.165) is 33.9 Å². The lowest BCUT2D eigenvalue weighted by Gasteiger charge is -2.29. The Morgan fingerprint density at radius 3 is 1.85 bits per heavy atom. The van der Waals surface area contributed by atoms with Crippen LogP contribution in [0.2, 0.25) is 0 Å². The molecule has 0 radical (unpaired) electrons. The summed E-state index contributed by atoms with van der Waals surface area (Å²) in [6.45, 7) is 18.6. The molecule has 54 heavy (non-hydrogen) atoms. The fourth-order valence-electron chi connectivity index (χ4n) is 8.34. The zero-order chi connectivity index (χ0) is 37.8. The van der Waals surface area contributed by atoms with Crippen LogP contribution >= 0.6 is 0 Å². The van der Waals surface area contributed by atoms with Gasteiger partial charge in [-0.2, -0.15) is 0 Å². The topological polar surface area (TPSA) is 52.6 Å². The van der Waals surface area contributed by atoms with E-state index in [1.165, 1.54) is 60.6 Å². The Bertz CT molecular complexity index is 2640. The third-order valence-electron chi connectivity index (χ3n) is 11.1. The highest BCUT2D eigenvalue weighted by Crippen LogP contribution is 2.54. The minimum absolute atomic E-state index is 0.0515. The van der Waals surface area contributed by atoms with Crippen LogP contribution in [0.1, 0.15) is 50.3 Å². The molecule has 0 N–H and O–H groups in total. The van der Waals surface area contributed by atoms with E-state index in [9.17, 15) is 9.59 Å². The van der Waals surface area contributed by atoms with E-state index < -0.39 is 17.4 Å². The highest BCUT2D eigenvalue weighted by molar-refractivity contribution is 6.25. The largest absolute Gasteiger partial charge is 0.463 e. The molecule has 0 fully saturated rings. The molecule has 7 aromatic rings. The molecule has 1 unspecified atom stereocenters. The Labute approximate surface area is 316 Å². The molecule has 1 aliphatic carbocycles. The standard InChI is InChI=1S/C50H42O4/c1-7-45(51)53-26-10-25-50(9-3)43-29-33(31-13-19-38(20-14-31)54-46(52)8-2)16-22-40(43)41-23-17-34(30-44(41)50)39-21-15-32-11-12-35-27-37(49(4,5)6)28-36-18-24-42(39)48(32)47(35)36/h7-9,11-24,27-30H,1-3,10,25-26H2,4-6H3. The second kappa shape index (κ2) is 13.3. The summed E-state index contributed by atoms with van der Waals surface area (Å²) in [5.41, 5.74) is 9.88. The number of ether oxygens (including phenoxy) is 2. The number of rotatable bonds is 10. The summed E-state index contributed by atoms with van der Waals surface area (Å²) in [5, 5.41) is 7.60. The average Bonchev–Trinajstić information content (AvgIpc) is 3.46. The summed E-state index contributed by atoms with van der Waals surface area (Å²) >= 11 is 0. The predicted molar refractivity (Wildman–Crippen MR) is 222 cm³/mol. The van der Waals surface area contributed by atoms with Crippen molar-refractivity contribution < 1.29 is 19.1 Å². The fourth-order valence-corrected chi connectivity index (χ4v) is 8.34.